The lowest BCUT2D eigenvalue weighted by Gasteiger charge is -2.29. The molecular formula is C50H31NO2. The summed E-state index contributed by atoms with van der Waals surface area (Å²) in [6.45, 7) is 0. The third-order valence-corrected chi connectivity index (χ3v) is 9.29. The number of furan rings is 2. The van der Waals surface area contributed by atoms with Gasteiger partial charge in [0, 0.05) is 44.0 Å². The van der Waals surface area contributed by atoms with Crippen LogP contribution in [0.5, 0.6) is 0 Å². The average molecular weight is 696 g/mol. The Balaban J connectivity index is 1.36. The highest BCUT2D eigenvalue weighted by atomic mass is 16.3. The molecular weight excluding hydrogens is 647 g/mol. The van der Waals surface area contributed by atoms with Crippen molar-refractivity contribution >= 4 is 82.5 Å². The predicted octanol–water partition coefficient (Wildman–Crippen LogP) is 14.6. The third kappa shape index (κ3) is 4.68. The minimum absolute atomic E-state index is 0.000453. The Morgan fingerprint density at radius 2 is 1.28 bits per heavy atom. The maximum absolute atomic E-state index is 9.88. The minimum Gasteiger partial charge on any atom is -0.455 e. The Bertz CT molecular complexity index is 4210. The topological polar surface area (TPSA) is 29.5 Å². The van der Waals surface area contributed by atoms with Crippen molar-refractivity contribution in [2.45, 2.75) is 0 Å². The van der Waals surface area contributed by atoms with E-state index in [1.165, 1.54) is 77.7 Å². The van der Waals surface area contributed by atoms with Gasteiger partial charge in [-0.2, -0.15) is 0 Å². The molecule has 0 saturated carbocycles. The first-order chi connectivity index (χ1) is 33.7. The Morgan fingerprint density at radius 1 is 0.415 bits per heavy atom. The van der Waals surface area contributed by atoms with Gasteiger partial charge in [-0.05, 0) is 75.7 Å². The molecule has 0 spiro atoms. The number of benzene rings is 9. The summed E-state index contributed by atoms with van der Waals surface area (Å²) in [5.74, 6) is 0. The molecule has 3 heteroatoms. The molecule has 0 bridgehead atoms. The van der Waals surface area contributed by atoms with Crippen LogP contribution >= 0.6 is 0 Å². The van der Waals surface area contributed by atoms with E-state index in [0.29, 0.717) is 0 Å². The molecule has 0 radical (unpaired) electrons. The van der Waals surface area contributed by atoms with Crippen LogP contribution in [0, 0.1) is 0 Å². The van der Waals surface area contributed by atoms with Crippen molar-refractivity contribution in [3.05, 3.63) is 188 Å². The SMILES string of the molecule is [2H]c1cc2c([2H])cc3c(oc4c([2H])cc(-c5ccc([2H])c6c5oc5c([2H])ccc([2H])c56)c(N(c5ccc(-c6c([2H])c([2H])c([2H])c([2H])c6[2H])c([2H])c5[2H])c5ccc6c([2H])c([2H])cc([2H])c6c5[2H])c43)c2cc1[2H]. The molecule has 0 unspecified atom stereocenters. The zero-order chi connectivity index (χ0) is 50.5. The molecule has 0 fully saturated rings. The molecule has 53 heavy (non-hydrogen) atoms. The van der Waals surface area contributed by atoms with Gasteiger partial charge in [0.25, 0.3) is 0 Å². The van der Waals surface area contributed by atoms with E-state index < -0.39 is 42.3 Å². The molecule has 0 aliphatic rings. The maximum Gasteiger partial charge on any atom is 0.143 e. The average Bonchev–Trinajstić information content (AvgIpc) is 3.94. The number of nitrogens with zero attached hydrogens (tertiary/aromatic N) is 1. The number of para-hydroxylation sites is 2. The zero-order valence-electron chi connectivity index (χ0n) is 45.3. The van der Waals surface area contributed by atoms with Crippen molar-refractivity contribution in [3.63, 3.8) is 0 Å². The molecule has 0 N–H and O–H groups in total. The van der Waals surface area contributed by atoms with E-state index in [9.17, 15) is 6.85 Å². The van der Waals surface area contributed by atoms with Gasteiger partial charge < -0.3 is 13.7 Å². The lowest BCUT2D eigenvalue weighted by molar-refractivity contribution is 0.669. The van der Waals surface area contributed by atoms with E-state index in [0.717, 1.165) is 6.07 Å². The van der Waals surface area contributed by atoms with Crippen molar-refractivity contribution in [3.8, 4) is 22.3 Å². The first kappa shape index (κ1) is 16.9. The largest absolute Gasteiger partial charge is 0.455 e. The minimum atomic E-state index is -0.666. The van der Waals surface area contributed by atoms with E-state index >= 15 is 0 Å². The molecule has 11 rings (SSSR count). The number of anilines is 3. The van der Waals surface area contributed by atoms with Crippen molar-refractivity contribution < 1.29 is 33.5 Å². The van der Waals surface area contributed by atoms with Crippen LogP contribution in [0.2, 0.25) is 0 Å². The van der Waals surface area contributed by atoms with Crippen LogP contribution in [0.4, 0.5) is 17.1 Å². The van der Waals surface area contributed by atoms with E-state index in [2.05, 4.69) is 0 Å². The lowest BCUT2D eigenvalue weighted by atomic mass is 9.95. The second-order valence-electron chi connectivity index (χ2n) is 12.2. The van der Waals surface area contributed by atoms with E-state index in [1.807, 2.05) is 0 Å². The summed E-state index contributed by atoms with van der Waals surface area (Å²) in [7, 11) is 0. The van der Waals surface area contributed by atoms with Crippen molar-refractivity contribution in [2.75, 3.05) is 4.90 Å². The Labute approximate surface area is 330 Å². The Kier molecular flexibility index (Phi) is 3.75. The molecule has 248 valence electrons. The number of hydrogen-bond acceptors (Lipinski definition) is 3. The van der Waals surface area contributed by atoms with Gasteiger partial charge in [-0.25, -0.2) is 0 Å². The van der Waals surface area contributed by atoms with Crippen molar-refractivity contribution in [2.24, 2.45) is 0 Å². The fourth-order valence-corrected chi connectivity index (χ4v) is 6.94. The fraction of sp³-hybridized carbons (Fsp3) is 0. The Morgan fingerprint density at radius 3 is 2.25 bits per heavy atom. The molecule has 11 aromatic rings. The van der Waals surface area contributed by atoms with Crippen LogP contribution in [-0.2, 0) is 0 Å². The highest BCUT2D eigenvalue weighted by Crippen LogP contribution is 2.51. The van der Waals surface area contributed by atoms with Crippen molar-refractivity contribution in [1.82, 2.24) is 0 Å². The monoisotopic (exact) mass is 695 g/mol. The van der Waals surface area contributed by atoms with Gasteiger partial charge in [0.1, 0.15) is 22.3 Å². The van der Waals surface area contributed by atoms with Gasteiger partial charge >= 0.3 is 0 Å². The van der Waals surface area contributed by atoms with E-state index in [4.69, 9.17) is 26.7 Å². The third-order valence-electron chi connectivity index (χ3n) is 9.29. The zero-order valence-corrected chi connectivity index (χ0v) is 27.3. The molecule has 0 amide bonds. The normalized spacial score (nSPS) is 16.5. The van der Waals surface area contributed by atoms with Crippen LogP contribution in [-0.4, -0.2) is 0 Å². The molecule has 0 saturated heterocycles. The van der Waals surface area contributed by atoms with Crippen LogP contribution in [0.25, 0.3) is 87.7 Å². The van der Waals surface area contributed by atoms with Gasteiger partial charge in [0.05, 0.1) is 35.7 Å². The summed E-state index contributed by atoms with van der Waals surface area (Å²) in [5.41, 5.74) is -0.463. The number of fused-ring (bicyclic) bond motifs is 9. The molecule has 0 atom stereocenters. The van der Waals surface area contributed by atoms with Crippen molar-refractivity contribution in [1.29, 1.82) is 0 Å². The molecule has 2 heterocycles. The highest BCUT2D eigenvalue weighted by Gasteiger charge is 2.26. The molecule has 3 nitrogen and oxygen atoms in total. The number of rotatable bonds is 5. The summed E-state index contributed by atoms with van der Waals surface area (Å²) in [5, 5.41) is 1.15. The first-order valence-corrected chi connectivity index (χ1v) is 16.5. The summed E-state index contributed by atoms with van der Waals surface area (Å²) >= 11 is 0. The molecule has 0 aliphatic carbocycles. The number of hydrogen-bond donors (Lipinski definition) is 0. The summed E-state index contributed by atoms with van der Waals surface area (Å²) in [6, 6.07) is 11.5. The highest BCUT2D eigenvalue weighted by molar-refractivity contribution is 6.23. The van der Waals surface area contributed by atoms with E-state index in [1.54, 1.807) is 0 Å². The van der Waals surface area contributed by atoms with Crippen LogP contribution in [0.1, 0.15) is 24.7 Å². The van der Waals surface area contributed by atoms with Gasteiger partial charge in [0.15, 0.2) is 0 Å². The predicted molar refractivity (Wildman–Crippen MR) is 222 cm³/mol. The van der Waals surface area contributed by atoms with E-state index in [-0.39, 0.29) is 171 Å². The maximum atomic E-state index is 9.88. The van der Waals surface area contributed by atoms with Gasteiger partial charge in [-0.1, -0.05) is 139 Å². The lowest BCUT2D eigenvalue weighted by Crippen LogP contribution is -2.12. The Hall–Kier alpha value is -7.10. The first-order valence-electron chi connectivity index (χ1n) is 25.5. The summed E-state index contributed by atoms with van der Waals surface area (Å²) in [4.78, 5) is 1.39. The van der Waals surface area contributed by atoms with Gasteiger partial charge in [-0.3, -0.25) is 0 Å². The fourth-order valence-electron chi connectivity index (χ4n) is 6.94. The van der Waals surface area contributed by atoms with Crippen LogP contribution in [0.15, 0.2) is 196 Å². The molecule has 2 aromatic heterocycles. The molecule has 0 aliphatic heterocycles. The van der Waals surface area contributed by atoms with Crippen LogP contribution in [0.3, 0.4) is 0 Å². The standard InChI is InChI=1S/C50H31NO2/c1-2-11-32(12-3-1)34-21-25-37(26-22-34)51(38-27-23-33-13-4-5-15-36(33)31-38)48-41(43-19-10-18-42-40-17-8-9-20-45(40)52-50(42)43)29-30-46-47(48)44-28-24-35-14-6-7-16-39(35)49(44)53-46/h1-31H/i1D,2D,3D,4D,6D,7D,11D,12D,13D,15D,17D,18D,20D,21D,24D,25D,30D,31D. The van der Waals surface area contributed by atoms with Crippen LogP contribution < -0.4 is 4.90 Å². The molecule has 9 aromatic carbocycles. The second-order valence-corrected chi connectivity index (χ2v) is 12.2. The second kappa shape index (κ2) is 11.7. The summed E-state index contributed by atoms with van der Waals surface area (Å²) < 4.78 is 173. The smallest absolute Gasteiger partial charge is 0.143 e. The summed E-state index contributed by atoms with van der Waals surface area (Å²) in [6.07, 6.45) is 0. The quantitative estimate of drug-likeness (QED) is 0.179. The van der Waals surface area contributed by atoms with Gasteiger partial charge in [-0.15, -0.1) is 0 Å². The van der Waals surface area contributed by atoms with Gasteiger partial charge in [0.2, 0.25) is 0 Å².